The average Bonchev–Trinajstić information content (AvgIpc) is 3.04. The fourth-order valence-corrected chi connectivity index (χ4v) is 2.24. The van der Waals surface area contributed by atoms with Crippen molar-refractivity contribution in [2.24, 2.45) is 0 Å². The molecule has 0 spiro atoms. The van der Waals surface area contributed by atoms with Crippen LogP contribution in [0.4, 0.5) is 0 Å². The van der Waals surface area contributed by atoms with Crippen molar-refractivity contribution < 1.29 is 13.9 Å². The first-order valence-corrected chi connectivity index (χ1v) is 6.77. The third kappa shape index (κ3) is 2.76. The van der Waals surface area contributed by atoms with Gasteiger partial charge in [-0.15, -0.1) is 0 Å². The van der Waals surface area contributed by atoms with Crippen LogP contribution in [0.1, 0.15) is 54.4 Å². The molecule has 0 aliphatic rings. The van der Waals surface area contributed by atoms with Crippen LogP contribution < -0.4 is 0 Å². The summed E-state index contributed by atoms with van der Waals surface area (Å²) in [5.41, 5.74) is 0.993. The van der Waals surface area contributed by atoms with Crippen molar-refractivity contribution in [3.05, 3.63) is 41.4 Å². The Hall–Kier alpha value is -2.04. The molecule has 2 rings (SSSR count). The van der Waals surface area contributed by atoms with Crippen LogP contribution in [0.5, 0.6) is 0 Å². The van der Waals surface area contributed by atoms with Gasteiger partial charge in [-0.25, -0.2) is 9.78 Å². The highest BCUT2D eigenvalue weighted by molar-refractivity contribution is 5.86. The first kappa shape index (κ1) is 14.4. The van der Waals surface area contributed by atoms with Gasteiger partial charge in [-0.05, 0) is 6.07 Å². The van der Waals surface area contributed by atoms with Gasteiger partial charge in [-0.2, -0.15) is 0 Å². The van der Waals surface area contributed by atoms with Crippen LogP contribution in [0.3, 0.4) is 0 Å². The Morgan fingerprint density at radius 2 is 2.25 bits per heavy atom. The van der Waals surface area contributed by atoms with Crippen LogP contribution in [-0.2, 0) is 17.7 Å². The van der Waals surface area contributed by atoms with Crippen molar-refractivity contribution in [1.82, 2.24) is 9.55 Å². The van der Waals surface area contributed by atoms with Gasteiger partial charge < -0.3 is 13.7 Å². The van der Waals surface area contributed by atoms with E-state index in [0.717, 1.165) is 23.6 Å². The van der Waals surface area contributed by atoms with Crippen LogP contribution in [0, 0.1) is 0 Å². The predicted molar refractivity (Wildman–Crippen MR) is 74.8 cm³/mol. The average molecular weight is 276 g/mol. The first-order chi connectivity index (χ1) is 9.56. The Bertz CT molecular complexity index is 596. The van der Waals surface area contributed by atoms with Gasteiger partial charge >= 0.3 is 5.97 Å². The lowest BCUT2D eigenvalue weighted by atomic mass is 10.1. The zero-order chi connectivity index (χ0) is 14.7. The first-order valence-electron chi connectivity index (χ1n) is 6.77. The summed E-state index contributed by atoms with van der Waals surface area (Å²) in [7, 11) is 1.35. The number of aryl methyl sites for hydroxylation is 1. The third-order valence-electron chi connectivity index (χ3n) is 3.21. The molecular formula is C15H20N2O3. The molecule has 0 aromatic carbocycles. The van der Waals surface area contributed by atoms with Gasteiger partial charge in [0.25, 0.3) is 0 Å². The zero-order valence-electron chi connectivity index (χ0n) is 12.3. The number of hydrogen-bond donors (Lipinski definition) is 0. The number of rotatable bonds is 5. The van der Waals surface area contributed by atoms with Crippen LogP contribution in [0.2, 0.25) is 0 Å². The molecule has 5 nitrogen and oxygen atoms in total. The van der Waals surface area contributed by atoms with Gasteiger partial charge in [0.1, 0.15) is 11.6 Å². The van der Waals surface area contributed by atoms with Crippen LogP contribution in [0.25, 0.3) is 0 Å². The zero-order valence-corrected chi connectivity index (χ0v) is 12.3. The summed E-state index contributed by atoms with van der Waals surface area (Å²) in [5, 5.41) is 0. The molecule has 0 unspecified atom stereocenters. The smallest absolute Gasteiger partial charge is 0.373 e. The van der Waals surface area contributed by atoms with E-state index in [2.05, 4.69) is 23.4 Å². The summed E-state index contributed by atoms with van der Waals surface area (Å²) < 4.78 is 12.3. The molecule has 0 N–H and O–H groups in total. The van der Waals surface area contributed by atoms with Crippen LogP contribution in [-0.4, -0.2) is 22.6 Å². The van der Waals surface area contributed by atoms with E-state index in [-0.39, 0.29) is 5.76 Å². The van der Waals surface area contributed by atoms with E-state index in [9.17, 15) is 4.79 Å². The Labute approximate surface area is 118 Å². The maximum atomic E-state index is 11.5. The third-order valence-corrected chi connectivity index (χ3v) is 3.21. The highest BCUT2D eigenvalue weighted by atomic mass is 16.5. The number of carbonyl (C=O) groups excluding carboxylic acids is 1. The number of furan rings is 1. The lowest BCUT2D eigenvalue weighted by Crippen LogP contribution is -2.06. The number of carbonyl (C=O) groups is 1. The molecule has 0 aliphatic carbocycles. The van der Waals surface area contributed by atoms with Crippen molar-refractivity contribution in [1.29, 1.82) is 0 Å². The van der Waals surface area contributed by atoms with Gasteiger partial charge in [-0.3, -0.25) is 0 Å². The quantitative estimate of drug-likeness (QED) is 0.788. The standard InChI is InChI=1S/C15H20N2O3/c1-5-12-11(8-13(20-12)15(18)19-4)9-17-7-6-16-14(17)10(2)3/h6-8,10H,5,9H2,1-4H3. The van der Waals surface area contributed by atoms with E-state index >= 15 is 0 Å². The molecular weight excluding hydrogens is 256 g/mol. The van der Waals surface area contributed by atoms with Crippen molar-refractivity contribution >= 4 is 5.97 Å². The molecule has 5 heteroatoms. The van der Waals surface area contributed by atoms with Crippen molar-refractivity contribution in [3.63, 3.8) is 0 Å². The number of esters is 1. The highest BCUT2D eigenvalue weighted by Gasteiger charge is 2.17. The van der Waals surface area contributed by atoms with Gasteiger partial charge in [0.05, 0.1) is 13.7 Å². The van der Waals surface area contributed by atoms with E-state index in [1.165, 1.54) is 7.11 Å². The molecule has 0 bridgehead atoms. The van der Waals surface area contributed by atoms with Crippen molar-refractivity contribution in [2.75, 3.05) is 7.11 Å². The summed E-state index contributed by atoms with van der Waals surface area (Å²) in [6, 6.07) is 1.76. The predicted octanol–water partition coefficient (Wildman–Crippen LogP) is 3.00. The molecule has 0 saturated carbocycles. The number of hydrogen-bond acceptors (Lipinski definition) is 4. The maximum absolute atomic E-state index is 11.5. The molecule has 0 amide bonds. The highest BCUT2D eigenvalue weighted by Crippen LogP contribution is 2.20. The fourth-order valence-electron chi connectivity index (χ4n) is 2.24. The number of ether oxygens (including phenoxy) is 1. The molecule has 108 valence electrons. The molecule has 2 aromatic rings. The van der Waals surface area contributed by atoms with Gasteiger partial charge in [-0.1, -0.05) is 20.8 Å². The lowest BCUT2D eigenvalue weighted by Gasteiger charge is -2.09. The van der Waals surface area contributed by atoms with E-state index in [4.69, 9.17) is 9.15 Å². The minimum Gasteiger partial charge on any atom is -0.463 e. The normalized spacial score (nSPS) is 11.1. The van der Waals surface area contributed by atoms with Gasteiger partial charge in [0.2, 0.25) is 5.76 Å². The van der Waals surface area contributed by atoms with Gasteiger partial charge in [0.15, 0.2) is 0 Å². The molecule has 20 heavy (non-hydrogen) atoms. The number of imidazole rings is 1. The second kappa shape index (κ2) is 5.94. The molecule has 0 atom stereocenters. The molecule has 2 aromatic heterocycles. The van der Waals surface area contributed by atoms with Crippen molar-refractivity contribution in [3.8, 4) is 0 Å². The number of methoxy groups -OCH3 is 1. The van der Waals surface area contributed by atoms with E-state index in [1.54, 1.807) is 12.3 Å². The Morgan fingerprint density at radius 1 is 1.50 bits per heavy atom. The summed E-state index contributed by atoms with van der Waals surface area (Å²) >= 11 is 0. The van der Waals surface area contributed by atoms with E-state index < -0.39 is 5.97 Å². The summed E-state index contributed by atoms with van der Waals surface area (Å²) in [6.45, 7) is 6.86. The molecule has 0 aliphatic heterocycles. The lowest BCUT2D eigenvalue weighted by molar-refractivity contribution is 0.0563. The minimum absolute atomic E-state index is 0.255. The molecule has 0 radical (unpaired) electrons. The van der Waals surface area contributed by atoms with E-state index in [0.29, 0.717) is 12.5 Å². The number of aromatic nitrogens is 2. The Balaban J connectivity index is 2.30. The maximum Gasteiger partial charge on any atom is 0.373 e. The van der Waals surface area contributed by atoms with Crippen molar-refractivity contribution in [2.45, 2.75) is 39.7 Å². The molecule has 0 saturated heterocycles. The van der Waals surface area contributed by atoms with Crippen LogP contribution >= 0.6 is 0 Å². The monoisotopic (exact) mass is 276 g/mol. The Morgan fingerprint density at radius 3 is 2.85 bits per heavy atom. The summed E-state index contributed by atoms with van der Waals surface area (Å²) in [4.78, 5) is 15.9. The summed E-state index contributed by atoms with van der Waals surface area (Å²) in [5.74, 6) is 2.00. The second-order valence-electron chi connectivity index (χ2n) is 4.97. The SMILES string of the molecule is CCc1oc(C(=O)OC)cc1Cn1ccnc1C(C)C. The topological polar surface area (TPSA) is 57.3 Å². The second-order valence-corrected chi connectivity index (χ2v) is 4.97. The van der Waals surface area contributed by atoms with Gasteiger partial charge in [0, 0.05) is 30.3 Å². The fraction of sp³-hybridized carbons (Fsp3) is 0.467. The van der Waals surface area contributed by atoms with Crippen LogP contribution in [0.15, 0.2) is 22.9 Å². The van der Waals surface area contributed by atoms with E-state index in [1.807, 2.05) is 13.1 Å². The Kier molecular flexibility index (Phi) is 4.27. The molecule has 2 heterocycles. The summed E-state index contributed by atoms with van der Waals surface area (Å²) in [6.07, 6.45) is 4.47. The minimum atomic E-state index is -0.444. The molecule has 0 fully saturated rings. The number of nitrogens with zero attached hydrogens (tertiary/aromatic N) is 2. The largest absolute Gasteiger partial charge is 0.463 e.